The van der Waals surface area contributed by atoms with Gasteiger partial charge in [0.15, 0.2) is 6.10 Å². The molecule has 4 nitrogen and oxygen atoms in total. The first-order valence-electron chi connectivity index (χ1n) is 3.52. The summed E-state index contributed by atoms with van der Waals surface area (Å²) < 4.78 is 39.8. The molecular weight excluding hydrogens is 189 g/mol. The first kappa shape index (κ1) is 12.0. The number of ether oxygens (including phenoxy) is 1. The lowest BCUT2D eigenvalue weighted by molar-refractivity contribution is -0.213. The third-order valence-electron chi connectivity index (χ3n) is 1.32. The normalized spacial score (nSPS) is 15.8. The fraction of sp³-hybridized carbons (Fsp3) is 0.833. The number of amidine groups is 1. The Hall–Kier alpha value is -0.980. The third-order valence-corrected chi connectivity index (χ3v) is 1.32. The molecule has 0 saturated carbocycles. The maximum atomic E-state index is 11.8. The van der Waals surface area contributed by atoms with Crippen LogP contribution in [0.25, 0.3) is 0 Å². The highest BCUT2D eigenvalue weighted by Crippen LogP contribution is 2.22. The monoisotopic (exact) mass is 200 g/mol. The summed E-state index contributed by atoms with van der Waals surface area (Å²) in [4.78, 5) is 0. The number of hydrogen-bond donors (Lipinski definition) is 2. The quantitative estimate of drug-likeness (QED) is 0.309. The van der Waals surface area contributed by atoms with Gasteiger partial charge in [0.2, 0.25) is 0 Å². The van der Waals surface area contributed by atoms with Gasteiger partial charge in [-0.3, -0.25) is 0 Å². The van der Waals surface area contributed by atoms with Gasteiger partial charge in [0.1, 0.15) is 5.84 Å². The van der Waals surface area contributed by atoms with Gasteiger partial charge >= 0.3 is 6.18 Å². The molecule has 13 heavy (non-hydrogen) atoms. The Kier molecular flexibility index (Phi) is 4.53. The van der Waals surface area contributed by atoms with Gasteiger partial charge in [0, 0.05) is 6.42 Å². The lowest BCUT2D eigenvalue weighted by Crippen LogP contribution is -2.29. The van der Waals surface area contributed by atoms with E-state index in [4.69, 9.17) is 10.9 Å². The van der Waals surface area contributed by atoms with Crippen LogP contribution in [0.3, 0.4) is 0 Å². The molecule has 0 amide bonds. The lowest BCUT2D eigenvalue weighted by atomic mass is 10.4. The van der Waals surface area contributed by atoms with Crippen molar-refractivity contribution in [1.82, 2.24) is 0 Å². The zero-order valence-electron chi connectivity index (χ0n) is 7.01. The molecule has 0 aliphatic carbocycles. The minimum Gasteiger partial charge on any atom is -0.409 e. The van der Waals surface area contributed by atoms with Crippen LogP contribution in [0.2, 0.25) is 0 Å². The average Bonchev–Trinajstić information content (AvgIpc) is 2.02. The van der Waals surface area contributed by atoms with E-state index >= 15 is 0 Å². The molecule has 0 rings (SSSR count). The first-order valence-corrected chi connectivity index (χ1v) is 3.52. The van der Waals surface area contributed by atoms with Gasteiger partial charge in [-0.2, -0.15) is 13.2 Å². The van der Waals surface area contributed by atoms with Gasteiger partial charge in [0.25, 0.3) is 0 Å². The molecule has 7 heteroatoms. The topological polar surface area (TPSA) is 67.8 Å². The van der Waals surface area contributed by atoms with E-state index in [1.54, 1.807) is 0 Å². The molecule has 0 bridgehead atoms. The Morgan fingerprint density at radius 3 is 2.54 bits per heavy atom. The summed E-state index contributed by atoms with van der Waals surface area (Å²) >= 11 is 0. The van der Waals surface area contributed by atoms with Crippen LogP contribution in [0.5, 0.6) is 0 Å². The lowest BCUT2D eigenvalue weighted by Gasteiger charge is -2.15. The van der Waals surface area contributed by atoms with E-state index in [2.05, 4.69) is 9.89 Å². The van der Waals surface area contributed by atoms with Crippen molar-refractivity contribution in [1.29, 1.82) is 0 Å². The molecular formula is C6H11F3N2O2. The smallest absolute Gasteiger partial charge is 0.409 e. The minimum atomic E-state index is -4.37. The molecule has 0 aliphatic heterocycles. The number of oxime groups is 1. The Labute approximate surface area is 73.2 Å². The molecule has 0 aromatic carbocycles. The summed E-state index contributed by atoms with van der Waals surface area (Å²) in [6.07, 6.45) is -6.24. The zero-order chi connectivity index (χ0) is 10.5. The maximum absolute atomic E-state index is 11.8. The predicted octanol–water partition coefficient (Wildman–Crippen LogP) is 1.09. The van der Waals surface area contributed by atoms with E-state index < -0.39 is 12.3 Å². The summed E-state index contributed by atoms with van der Waals surface area (Å²) in [5.74, 6) is -0.158. The van der Waals surface area contributed by atoms with E-state index in [0.29, 0.717) is 0 Å². The molecule has 78 valence electrons. The molecule has 1 atom stereocenters. The molecule has 0 fully saturated rings. The van der Waals surface area contributed by atoms with Gasteiger partial charge in [-0.15, -0.1) is 0 Å². The van der Waals surface area contributed by atoms with Gasteiger partial charge in [-0.05, 0) is 6.92 Å². The highest BCUT2D eigenvalue weighted by atomic mass is 19.4. The van der Waals surface area contributed by atoms with Crippen LogP contribution < -0.4 is 5.73 Å². The standard InChI is InChI=1S/C6H11F3N2O2/c1-4(6(7,8)9)13-3-2-5(10)11-12/h4,12H,2-3H2,1H3,(H2,10,11). The molecule has 3 N–H and O–H groups in total. The number of hydrogen-bond acceptors (Lipinski definition) is 3. The third kappa shape index (κ3) is 5.29. The van der Waals surface area contributed by atoms with Crippen LogP contribution in [-0.2, 0) is 4.74 Å². The maximum Gasteiger partial charge on any atom is 0.414 e. The fourth-order valence-electron chi connectivity index (χ4n) is 0.485. The summed E-state index contributed by atoms with van der Waals surface area (Å²) in [5, 5.41) is 10.6. The number of nitrogens with zero attached hydrogens (tertiary/aromatic N) is 1. The van der Waals surface area contributed by atoms with E-state index in [1.807, 2.05) is 0 Å². The Morgan fingerprint density at radius 1 is 1.62 bits per heavy atom. The van der Waals surface area contributed by atoms with E-state index in [-0.39, 0.29) is 18.9 Å². The van der Waals surface area contributed by atoms with Gasteiger partial charge < -0.3 is 15.7 Å². The molecule has 0 spiro atoms. The van der Waals surface area contributed by atoms with E-state index in [0.717, 1.165) is 6.92 Å². The van der Waals surface area contributed by atoms with Crippen molar-refractivity contribution in [3.63, 3.8) is 0 Å². The van der Waals surface area contributed by atoms with Crippen molar-refractivity contribution in [2.45, 2.75) is 25.6 Å². The number of nitrogens with two attached hydrogens (primary N) is 1. The van der Waals surface area contributed by atoms with Gasteiger partial charge in [-0.1, -0.05) is 5.16 Å². The van der Waals surface area contributed by atoms with Crippen molar-refractivity contribution in [3.8, 4) is 0 Å². The van der Waals surface area contributed by atoms with Crippen molar-refractivity contribution >= 4 is 5.84 Å². The van der Waals surface area contributed by atoms with E-state index in [9.17, 15) is 13.2 Å². The SMILES string of the molecule is CC(OCCC(N)=NO)C(F)(F)F. The second-order valence-corrected chi connectivity index (χ2v) is 2.40. The molecule has 0 aromatic rings. The molecule has 0 radical (unpaired) electrons. The largest absolute Gasteiger partial charge is 0.414 e. The summed E-state index contributed by atoms with van der Waals surface area (Å²) in [6, 6.07) is 0. The van der Waals surface area contributed by atoms with Crippen LogP contribution in [0, 0.1) is 0 Å². The van der Waals surface area contributed by atoms with Gasteiger partial charge in [-0.25, -0.2) is 0 Å². The minimum absolute atomic E-state index is 0.0308. The molecule has 0 saturated heterocycles. The Morgan fingerprint density at radius 2 is 2.15 bits per heavy atom. The summed E-state index contributed by atoms with van der Waals surface area (Å²) in [7, 11) is 0. The highest BCUT2D eigenvalue weighted by Gasteiger charge is 2.36. The van der Waals surface area contributed by atoms with Crippen LogP contribution >= 0.6 is 0 Å². The first-order chi connectivity index (χ1) is 5.88. The van der Waals surface area contributed by atoms with Gasteiger partial charge in [0.05, 0.1) is 6.61 Å². The van der Waals surface area contributed by atoms with Crippen LogP contribution in [0.1, 0.15) is 13.3 Å². The van der Waals surface area contributed by atoms with Crippen LogP contribution in [0.4, 0.5) is 13.2 Å². The Balaban J connectivity index is 3.66. The Bertz CT molecular complexity index is 181. The molecule has 0 aromatic heterocycles. The van der Waals surface area contributed by atoms with E-state index in [1.165, 1.54) is 0 Å². The number of alkyl halides is 3. The highest BCUT2D eigenvalue weighted by molar-refractivity contribution is 5.79. The number of rotatable bonds is 4. The zero-order valence-corrected chi connectivity index (χ0v) is 7.01. The molecule has 1 unspecified atom stereocenters. The van der Waals surface area contributed by atoms with Crippen molar-refractivity contribution in [2.24, 2.45) is 10.9 Å². The summed E-state index contributed by atoms with van der Waals surface area (Å²) in [5.41, 5.74) is 5.01. The molecule has 0 aliphatic rings. The number of halogens is 3. The second kappa shape index (κ2) is 4.90. The second-order valence-electron chi connectivity index (χ2n) is 2.40. The van der Waals surface area contributed by atoms with Crippen LogP contribution in [0.15, 0.2) is 5.16 Å². The predicted molar refractivity (Wildman–Crippen MR) is 39.5 cm³/mol. The van der Waals surface area contributed by atoms with Crippen molar-refractivity contribution in [3.05, 3.63) is 0 Å². The van der Waals surface area contributed by atoms with Crippen molar-refractivity contribution in [2.75, 3.05) is 6.61 Å². The average molecular weight is 200 g/mol. The summed E-state index contributed by atoms with van der Waals surface area (Å²) in [6.45, 7) is 0.669. The molecule has 0 heterocycles. The van der Waals surface area contributed by atoms with Crippen LogP contribution in [-0.4, -0.2) is 29.9 Å². The van der Waals surface area contributed by atoms with Crippen molar-refractivity contribution < 1.29 is 23.1 Å². The fourth-order valence-corrected chi connectivity index (χ4v) is 0.485.